The predicted molar refractivity (Wildman–Crippen MR) is 86.6 cm³/mol. The van der Waals surface area contributed by atoms with Gasteiger partial charge in [-0.05, 0) is 31.9 Å². The summed E-state index contributed by atoms with van der Waals surface area (Å²) in [5.74, 6) is 2.22. The number of hydrogen-bond donors (Lipinski definition) is 1. The van der Waals surface area contributed by atoms with E-state index in [1.54, 1.807) is 21.3 Å². The van der Waals surface area contributed by atoms with Gasteiger partial charge in [-0.25, -0.2) is 0 Å². The standard InChI is InChI=1S/C17H27NO3/c1-6-8-9-10-14(18-7-2)13-11-16(20-4)17(21-5)12-15(13)19-3/h6,11-12,14,18H,1,7-10H2,2-5H3. The summed E-state index contributed by atoms with van der Waals surface area (Å²) in [6, 6.07) is 4.11. The molecule has 1 atom stereocenters. The summed E-state index contributed by atoms with van der Waals surface area (Å²) in [4.78, 5) is 0. The minimum absolute atomic E-state index is 0.227. The molecule has 1 unspecified atom stereocenters. The van der Waals surface area contributed by atoms with Gasteiger partial charge in [0.05, 0.1) is 21.3 Å². The van der Waals surface area contributed by atoms with Crippen molar-refractivity contribution in [3.05, 3.63) is 30.4 Å². The van der Waals surface area contributed by atoms with Crippen LogP contribution in [0.5, 0.6) is 17.2 Å². The van der Waals surface area contributed by atoms with Gasteiger partial charge in [0.15, 0.2) is 11.5 Å². The Bertz CT molecular complexity index is 446. The molecule has 0 fully saturated rings. The Labute approximate surface area is 128 Å². The third-order valence-corrected chi connectivity index (χ3v) is 3.46. The summed E-state index contributed by atoms with van der Waals surface area (Å²) >= 11 is 0. The second-order valence-electron chi connectivity index (χ2n) is 4.78. The van der Waals surface area contributed by atoms with Crippen LogP contribution in [0.2, 0.25) is 0 Å². The summed E-state index contributed by atoms with van der Waals surface area (Å²) in [7, 11) is 4.95. The summed E-state index contributed by atoms with van der Waals surface area (Å²) in [5, 5.41) is 3.51. The van der Waals surface area contributed by atoms with E-state index >= 15 is 0 Å². The Morgan fingerprint density at radius 1 is 1.10 bits per heavy atom. The normalized spacial score (nSPS) is 11.8. The molecule has 1 N–H and O–H groups in total. The van der Waals surface area contributed by atoms with Gasteiger partial charge in [0, 0.05) is 17.7 Å². The van der Waals surface area contributed by atoms with Crippen LogP contribution in [0.25, 0.3) is 0 Å². The van der Waals surface area contributed by atoms with Gasteiger partial charge in [0.2, 0.25) is 0 Å². The molecule has 0 aliphatic rings. The molecule has 0 saturated carbocycles. The molecule has 4 nitrogen and oxygen atoms in total. The zero-order chi connectivity index (χ0) is 15.7. The Kier molecular flexibility index (Phi) is 7.69. The topological polar surface area (TPSA) is 39.7 Å². The molecule has 4 heteroatoms. The first-order chi connectivity index (χ1) is 10.2. The van der Waals surface area contributed by atoms with Crippen LogP contribution in [0.4, 0.5) is 0 Å². The van der Waals surface area contributed by atoms with Crippen molar-refractivity contribution in [2.24, 2.45) is 0 Å². The fraction of sp³-hybridized carbons (Fsp3) is 0.529. The fourth-order valence-corrected chi connectivity index (χ4v) is 2.41. The molecule has 118 valence electrons. The molecular weight excluding hydrogens is 266 g/mol. The number of unbranched alkanes of at least 4 members (excludes halogenated alkanes) is 1. The van der Waals surface area contributed by atoms with Crippen LogP contribution in [0.1, 0.15) is 37.8 Å². The van der Waals surface area contributed by atoms with Crippen LogP contribution in [0, 0.1) is 0 Å². The molecule has 0 spiro atoms. The number of hydrogen-bond acceptors (Lipinski definition) is 4. The van der Waals surface area contributed by atoms with E-state index < -0.39 is 0 Å². The van der Waals surface area contributed by atoms with Gasteiger partial charge in [-0.3, -0.25) is 0 Å². The average molecular weight is 293 g/mol. The van der Waals surface area contributed by atoms with E-state index in [1.807, 2.05) is 18.2 Å². The number of benzene rings is 1. The Balaban J connectivity index is 3.11. The first-order valence-corrected chi connectivity index (χ1v) is 7.35. The van der Waals surface area contributed by atoms with Gasteiger partial charge < -0.3 is 19.5 Å². The molecule has 0 heterocycles. The summed E-state index contributed by atoms with van der Waals surface area (Å²) in [5.41, 5.74) is 1.10. The molecule has 0 saturated heterocycles. The third kappa shape index (κ3) is 4.67. The lowest BCUT2D eigenvalue weighted by Crippen LogP contribution is -2.21. The summed E-state index contributed by atoms with van der Waals surface area (Å²) in [6.45, 7) is 6.78. The third-order valence-electron chi connectivity index (χ3n) is 3.46. The first-order valence-electron chi connectivity index (χ1n) is 7.35. The van der Waals surface area contributed by atoms with E-state index in [0.717, 1.165) is 42.9 Å². The van der Waals surface area contributed by atoms with Crippen LogP contribution >= 0.6 is 0 Å². The van der Waals surface area contributed by atoms with Crippen molar-refractivity contribution < 1.29 is 14.2 Å². The quantitative estimate of drug-likeness (QED) is 0.527. The molecule has 0 aliphatic heterocycles. The highest BCUT2D eigenvalue weighted by Gasteiger charge is 2.19. The van der Waals surface area contributed by atoms with Crippen LogP contribution in [-0.4, -0.2) is 27.9 Å². The van der Waals surface area contributed by atoms with E-state index in [0.29, 0.717) is 5.75 Å². The van der Waals surface area contributed by atoms with Crippen LogP contribution < -0.4 is 19.5 Å². The molecule has 1 rings (SSSR count). The molecule has 0 aliphatic carbocycles. The molecule has 0 amide bonds. The minimum Gasteiger partial charge on any atom is -0.496 e. The smallest absolute Gasteiger partial charge is 0.164 e. The molecule has 1 aromatic rings. The molecular formula is C17H27NO3. The van der Waals surface area contributed by atoms with E-state index in [-0.39, 0.29) is 6.04 Å². The van der Waals surface area contributed by atoms with E-state index in [4.69, 9.17) is 14.2 Å². The van der Waals surface area contributed by atoms with Gasteiger partial charge in [-0.15, -0.1) is 6.58 Å². The van der Waals surface area contributed by atoms with E-state index in [2.05, 4.69) is 18.8 Å². The lowest BCUT2D eigenvalue weighted by Gasteiger charge is -2.22. The Hall–Kier alpha value is -1.68. The monoisotopic (exact) mass is 293 g/mol. The molecule has 0 aromatic heterocycles. The molecule has 0 bridgehead atoms. The highest BCUT2D eigenvalue weighted by molar-refractivity contribution is 5.51. The zero-order valence-electron chi connectivity index (χ0n) is 13.6. The van der Waals surface area contributed by atoms with Crippen molar-refractivity contribution in [2.75, 3.05) is 27.9 Å². The maximum absolute atomic E-state index is 5.53. The minimum atomic E-state index is 0.227. The van der Waals surface area contributed by atoms with Crippen molar-refractivity contribution in [1.82, 2.24) is 5.32 Å². The zero-order valence-corrected chi connectivity index (χ0v) is 13.6. The van der Waals surface area contributed by atoms with Crippen molar-refractivity contribution >= 4 is 0 Å². The SMILES string of the molecule is C=CCCCC(NCC)c1cc(OC)c(OC)cc1OC. The van der Waals surface area contributed by atoms with Gasteiger partial charge in [0.25, 0.3) is 0 Å². The van der Waals surface area contributed by atoms with Crippen molar-refractivity contribution in [3.63, 3.8) is 0 Å². The molecule has 1 aromatic carbocycles. The fourth-order valence-electron chi connectivity index (χ4n) is 2.41. The maximum atomic E-state index is 5.53. The van der Waals surface area contributed by atoms with Crippen LogP contribution in [0.15, 0.2) is 24.8 Å². The summed E-state index contributed by atoms with van der Waals surface area (Å²) in [6.07, 6.45) is 5.07. The predicted octanol–water partition coefficient (Wildman–Crippen LogP) is 3.72. The Morgan fingerprint density at radius 3 is 2.24 bits per heavy atom. The van der Waals surface area contributed by atoms with Crippen molar-refractivity contribution in [2.45, 2.75) is 32.2 Å². The molecule has 0 radical (unpaired) electrons. The van der Waals surface area contributed by atoms with Crippen LogP contribution in [-0.2, 0) is 0 Å². The lowest BCUT2D eigenvalue weighted by atomic mass is 9.99. The van der Waals surface area contributed by atoms with Gasteiger partial charge in [0.1, 0.15) is 5.75 Å². The van der Waals surface area contributed by atoms with Crippen molar-refractivity contribution in [3.8, 4) is 17.2 Å². The van der Waals surface area contributed by atoms with Gasteiger partial charge in [-0.2, -0.15) is 0 Å². The lowest BCUT2D eigenvalue weighted by molar-refractivity contribution is 0.344. The summed E-state index contributed by atoms with van der Waals surface area (Å²) < 4.78 is 16.3. The number of rotatable bonds is 10. The first kappa shape index (κ1) is 17.4. The highest BCUT2D eigenvalue weighted by Crippen LogP contribution is 2.38. The van der Waals surface area contributed by atoms with E-state index in [1.165, 1.54) is 0 Å². The number of allylic oxidation sites excluding steroid dienone is 1. The maximum Gasteiger partial charge on any atom is 0.164 e. The van der Waals surface area contributed by atoms with Gasteiger partial charge >= 0.3 is 0 Å². The largest absolute Gasteiger partial charge is 0.496 e. The number of nitrogens with one attached hydrogen (secondary N) is 1. The highest BCUT2D eigenvalue weighted by atomic mass is 16.5. The van der Waals surface area contributed by atoms with E-state index in [9.17, 15) is 0 Å². The second-order valence-corrected chi connectivity index (χ2v) is 4.78. The number of methoxy groups -OCH3 is 3. The Morgan fingerprint density at radius 2 is 1.71 bits per heavy atom. The average Bonchev–Trinajstić information content (AvgIpc) is 2.52. The van der Waals surface area contributed by atoms with Gasteiger partial charge in [-0.1, -0.05) is 13.0 Å². The molecule has 21 heavy (non-hydrogen) atoms. The number of ether oxygens (including phenoxy) is 3. The second kappa shape index (κ2) is 9.29. The van der Waals surface area contributed by atoms with Crippen LogP contribution in [0.3, 0.4) is 0 Å². The van der Waals surface area contributed by atoms with Crippen molar-refractivity contribution in [1.29, 1.82) is 0 Å².